The lowest BCUT2D eigenvalue weighted by molar-refractivity contribution is 0.764. The van der Waals surface area contributed by atoms with Crippen LogP contribution in [0.4, 0.5) is 5.69 Å². The van der Waals surface area contributed by atoms with Crippen LogP contribution >= 0.6 is 0 Å². The van der Waals surface area contributed by atoms with Gasteiger partial charge in [-0.25, -0.2) is 0 Å². The standard InChI is InChI=1S/C13H19N/c1-5-11(4)14-13-9-7-6-8-12(13)10(2)3/h6-9,11,14H,2,5H2,1,3-4H3. The van der Waals surface area contributed by atoms with E-state index >= 15 is 0 Å². The molecular weight excluding hydrogens is 170 g/mol. The van der Waals surface area contributed by atoms with Crippen LogP contribution in [-0.2, 0) is 0 Å². The lowest BCUT2D eigenvalue weighted by atomic mass is 10.1. The molecule has 1 unspecified atom stereocenters. The Balaban J connectivity index is 2.90. The minimum Gasteiger partial charge on any atom is -0.382 e. The molecule has 0 radical (unpaired) electrons. The molecule has 0 aliphatic carbocycles. The zero-order valence-electron chi connectivity index (χ0n) is 9.30. The second-order valence-electron chi connectivity index (χ2n) is 3.78. The molecule has 0 aliphatic heterocycles. The average molecular weight is 189 g/mol. The monoisotopic (exact) mass is 189 g/mol. The van der Waals surface area contributed by atoms with E-state index in [-0.39, 0.29) is 0 Å². The first-order valence-electron chi connectivity index (χ1n) is 5.16. The fourth-order valence-electron chi connectivity index (χ4n) is 1.35. The van der Waals surface area contributed by atoms with Gasteiger partial charge < -0.3 is 5.32 Å². The third kappa shape index (κ3) is 2.63. The molecule has 1 N–H and O–H groups in total. The zero-order valence-corrected chi connectivity index (χ0v) is 9.30. The van der Waals surface area contributed by atoms with E-state index < -0.39 is 0 Å². The minimum atomic E-state index is 0.510. The van der Waals surface area contributed by atoms with Crippen molar-refractivity contribution in [1.82, 2.24) is 0 Å². The smallest absolute Gasteiger partial charge is 0.0418 e. The Hall–Kier alpha value is -1.24. The van der Waals surface area contributed by atoms with Crippen LogP contribution < -0.4 is 5.32 Å². The Morgan fingerprint density at radius 2 is 2.07 bits per heavy atom. The summed E-state index contributed by atoms with van der Waals surface area (Å²) in [6.45, 7) is 10.4. The lowest BCUT2D eigenvalue weighted by Crippen LogP contribution is -2.14. The molecule has 0 heterocycles. The Kier molecular flexibility index (Phi) is 3.75. The number of rotatable bonds is 4. The van der Waals surface area contributed by atoms with Gasteiger partial charge in [0.2, 0.25) is 0 Å². The van der Waals surface area contributed by atoms with Gasteiger partial charge in [0.25, 0.3) is 0 Å². The molecule has 1 aromatic carbocycles. The van der Waals surface area contributed by atoms with E-state index in [1.165, 1.54) is 11.3 Å². The number of hydrogen-bond donors (Lipinski definition) is 1. The largest absolute Gasteiger partial charge is 0.382 e. The van der Waals surface area contributed by atoms with Gasteiger partial charge in [-0.05, 0) is 37.5 Å². The summed E-state index contributed by atoms with van der Waals surface area (Å²) < 4.78 is 0. The van der Waals surface area contributed by atoms with Crippen molar-refractivity contribution in [2.75, 3.05) is 5.32 Å². The molecule has 0 saturated carbocycles. The second kappa shape index (κ2) is 4.85. The van der Waals surface area contributed by atoms with Crippen LogP contribution in [0.2, 0.25) is 0 Å². The van der Waals surface area contributed by atoms with Gasteiger partial charge in [0.05, 0.1) is 0 Å². The molecule has 0 aromatic heterocycles. The molecule has 1 heteroatoms. The summed E-state index contributed by atoms with van der Waals surface area (Å²) in [4.78, 5) is 0. The highest BCUT2D eigenvalue weighted by Gasteiger charge is 2.04. The van der Waals surface area contributed by atoms with Crippen LogP contribution in [0.1, 0.15) is 32.8 Å². The molecule has 0 aliphatic rings. The van der Waals surface area contributed by atoms with Crippen LogP contribution in [-0.4, -0.2) is 6.04 Å². The van der Waals surface area contributed by atoms with Crippen molar-refractivity contribution in [1.29, 1.82) is 0 Å². The number of hydrogen-bond acceptors (Lipinski definition) is 1. The van der Waals surface area contributed by atoms with Gasteiger partial charge in [0.1, 0.15) is 0 Å². The first-order valence-corrected chi connectivity index (χ1v) is 5.16. The van der Waals surface area contributed by atoms with E-state index in [9.17, 15) is 0 Å². The van der Waals surface area contributed by atoms with E-state index in [1.54, 1.807) is 0 Å². The predicted octanol–water partition coefficient (Wildman–Crippen LogP) is 3.93. The summed E-state index contributed by atoms with van der Waals surface area (Å²) in [6.07, 6.45) is 1.13. The van der Waals surface area contributed by atoms with Gasteiger partial charge in [-0.15, -0.1) is 0 Å². The molecule has 0 spiro atoms. The van der Waals surface area contributed by atoms with Gasteiger partial charge in [-0.2, -0.15) is 0 Å². The number of anilines is 1. The first-order chi connectivity index (χ1) is 6.65. The molecule has 1 rings (SSSR count). The summed E-state index contributed by atoms with van der Waals surface area (Å²) in [5, 5.41) is 3.48. The van der Waals surface area contributed by atoms with Crippen molar-refractivity contribution in [3.8, 4) is 0 Å². The van der Waals surface area contributed by atoms with E-state index in [4.69, 9.17) is 0 Å². The normalized spacial score (nSPS) is 12.2. The third-order valence-electron chi connectivity index (χ3n) is 2.40. The van der Waals surface area contributed by atoms with Crippen molar-refractivity contribution in [2.24, 2.45) is 0 Å². The fourth-order valence-corrected chi connectivity index (χ4v) is 1.35. The van der Waals surface area contributed by atoms with Crippen LogP contribution in [0.25, 0.3) is 5.57 Å². The van der Waals surface area contributed by atoms with Gasteiger partial charge in [0, 0.05) is 11.7 Å². The number of nitrogens with one attached hydrogen (secondary N) is 1. The van der Waals surface area contributed by atoms with Gasteiger partial charge in [0.15, 0.2) is 0 Å². The van der Waals surface area contributed by atoms with Gasteiger partial charge in [-0.1, -0.05) is 31.7 Å². The summed E-state index contributed by atoms with van der Waals surface area (Å²) in [7, 11) is 0. The summed E-state index contributed by atoms with van der Waals surface area (Å²) in [6, 6.07) is 8.82. The molecule has 76 valence electrons. The summed E-state index contributed by atoms with van der Waals surface area (Å²) in [5.41, 5.74) is 3.51. The molecule has 0 saturated heterocycles. The van der Waals surface area contributed by atoms with E-state index in [0.29, 0.717) is 6.04 Å². The van der Waals surface area contributed by atoms with E-state index in [0.717, 1.165) is 12.0 Å². The Morgan fingerprint density at radius 1 is 1.43 bits per heavy atom. The first kappa shape index (κ1) is 10.8. The predicted molar refractivity (Wildman–Crippen MR) is 64.5 cm³/mol. The molecule has 1 atom stereocenters. The maximum absolute atomic E-state index is 3.98. The van der Waals surface area contributed by atoms with Gasteiger partial charge in [-0.3, -0.25) is 0 Å². The van der Waals surface area contributed by atoms with Crippen molar-refractivity contribution in [3.05, 3.63) is 36.4 Å². The Bertz CT molecular complexity index is 315. The third-order valence-corrected chi connectivity index (χ3v) is 2.40. The Labute approximate surface area is 86.8 Å². The van der Waals surface area contributed by atoms with E-state index in [2.05, 4.69) is 43.9 Å². The van der Waals surface area contributed by atoms with E-state index in [1.807, 2.05) is 13.0 Å². The highest BCUT2D eigenvalue weighted by molar-refractivity contribution is 5.73. The van der Waals surface area contributed by atoms with Crippen molar-refractivity contribution < 1.29 is 0 Å². The average Bonchev–Trinajstić information content (AvgIpc) is 2.18. The quantitative estimate of drug-likeness (QED) is 0.756. The van der Waals surface area contributed by atoms with Crippen LogP contribution in [0.15, 0.2) is 30.8 Å². The maximum atomic E-state index is 3.98. The van der Waals surface area contributed by atoms with Crippen LogP contribution in [0.5, 0.6) is 0 Å². The second-order valence-corrected chi connectivity index (χ2v) is 3.78. The maximum Gasteiger partial charge on any atom is 0.0418 e. The molecule has 14 heavy (non-hydrogen) atoms. The molecule has 0 bridgehead atoms. The Morgan fingerprint density at radius 3 is 2.64 bits per heavy atom. The molecule has 0 amide bonds. The summed E-state index contributed by atoms with van der Waals surface area (Å²) >= 11 is 0. The SMILES string of the molecule is C=C(C)c1ccccc1NC(C)CC. The highest BCUT2D eigenvalue weighted by atomic mass is 14.9. The van der Waals surface area contributed by atoms with Crippen LogP contribution in [0, 0.1) is 0 Å². The highest BCUT2D eigenvalue weighted by Crippen LogP contribution is 2.22. The van der Waals surface area contributed by atoms with Crippen LogP contribution in [0.3, 0.4) is 0 Å². The minimum absolute atomic E-state index is 0.510. The van der Waals surface area contributed by atoms with Gasteiger partial charge >= 0.3 is 0 Å². The molecule has 1 nitrogen and oxygen atoms in total. The number of para-hydroxylation sites is 1. The fraction of sp³-hybridized carbons (Fsp3) is 0.385. The zero-order chi connectivity index (χ0) is 10.6. The lowest BCUT2D eigenvalue weighted by Gasteiger charge is -2.16. The molecule has 0 fully saturated rings. The van der Waals surface area contributed by atoms with Crippen molar-refractivity contribution >= 4 is 11.3 Å². The number of benzene rings is 1. The molecular formula is C13H19N. The topological polar surface area (TPSA) is 12.0 Å². The number of allylic oxidation sites excluding steroid dienone is 1. The molecule has 1 aromatic rings. The van der Waals surface area contributed by atoms with Crippen molar-refractivity contribution in [3.63, 3.8) is 0 Å². The van der Waals surface area contributed by atoms with Crippen molar-refractivity contribution in [2.45, 2.75) is 33.2 Å². The summed E-state index contributed by atoms with van der Waals surface area (Å²) in [5.74, 6) is 0.